The number of aromatic nitrogens is 1. The highest BCUT2D eigenvalue weighted by Crippen LogP contribution is 2.21. The summed E-state index contributed by atoms with van der Waals surface area (Å²) < 4.78 is 26.5. The molecule has 1 aliphatic rings. The van der Waals surface area contributed by atoms with E-state index >= 15 is 0 Å². The number of pyridine rings is 1. The van der Waals surface area contributed by atoms with Crippen molar-refractivity contribution < 1.29 is 8.42 Å². The Kier molecular flexibility index (Phi) is 3.54. The maximum Gasteiger partial charge on any atom is 0.218 e. The maximum absolute atomic E-state index is 12.5. The number of rotatable bonds is 3. The van der Waals surface area contributed by atoms with Gasteiger partial charge in [-0.15, -0.1) is 0 Å². The van der Waals surface area contributed by atoms with E-state index in [2.05, 4.69) is 4.98 Å². The van der Waals surface area contributed by atoms with E-state index in [1.54, 1.807) is 16.7 Å². The lowest BCUT2D eigenvalue weighted by molar-refractivity contribution is 0.390. The lowest BCUT2D eigenvalue weighted by atomic mass is 10.0. The van der Waals surface area contributed by atoms with E-state index in [1.165, 1.54) is 5.56 Å². The monoisotopic (exact) mass is 288 g/mol. The van der Waals surface area contributed by atoms with E-state index in [4.69, 9.17) is 0 Å². The minimum Gasteiger partial charge on any atom is -0.264 e. The van der Waals surface area contributed by atoms with Crippen LogP contribution in [-0.2, 0) is 28.7 Å². The van der Waals surface area contributed by atoms with Crippen LogP contribution in [0, 0.1) is 0 Å². The van der Waals surface area contributed by atoms with Gasteiger partial charge >= 0.3 is 0 Å². The molecule has 0 fully saturated rings. The first-order valence-corrected chi connectivity index (χ1v) is 8.19. The zero-order valence-electron chi connectivity index (χ0n) is 11.1. The molecule has 0 N–H and O–H groups in total. The van der Waals surface area contributed by atoms with Crippen molar-refractivity contribution >= 4 is 10.0 Å². The summed E-state index contributed by atoms with van der Waals surface area (Å²) in [6.07, 6.45) is 4.28. The molecule has 2 heterocycles. The van der Waals surface area contributed by atoms with Crippen LogP contribution >= 0.6 is 0 Å². The highest BCUT2D eigenvalue weighted by Gasteiger charge is 2.26. The average Bonchev–Trinajstić information content (AvgIpc) is 2.47. The van der Waals surface area contributed by atoms with Crippen molar-refractivity contribution in [3.8, 4) is 0 Å². The Morgan fingerprint density at radius 3 is 2.70 bits per heavy atom. The van der Waals surface area contributed by atoms with Crippen LogP contribution in [0.5, 0.6) is 0 Å². The first-order chi connectivity index (χ1) is 9.65. The van der Waals surface area contributed by atoms with Crippen molar-refractivity contribution in [3.63, 3.8) is 0 Å². The van der Waals surface area contributed by atoms with E-state index < -0.39 is 10.0 Å². The average molecular weight is 288 g/mol. The molecule has 1 aromatic carbocycles. The summed E-state index contributed by atoms with van der Waals surface area (Å²) in [5.74, 6) is 0.0590. The molecule has 104 valence electrons. The lowest BCUT2D eigenvalue weighted by Crippen LogP contribution is -2.36. The minimum absolute atomic E-state index is 0.0590. The summed E-state index contributed by atoms with van der Waals surface area (Å²) in [7, 11) is -3.27. The molecule has 5 heteroatoms. The van der Waals surface area contributed by atoms with E-state index in [-0.39, 0.29) is 5.75 Å². The van der Waals surface area contributed by atoms with Crippen LogP contribution in [0.25, 0.3) is 0 Å². The van der Waals surface area contributed by atoms with Crippen molar-refractivity contribution in [3.05, 3.63) is 65.5 Å². The predicted octanol–water partition coefficient (Wildman–Crippen LogP) is 1.97. The summed E-state index contributed by atoms with van der Waals surface area (Å²) in [4.78, 5) is 4.08. The van der Waals surface area contributed by atoms with Crippen molar-refractivity contribution in [1.82, 2.24) is 9.29 Å². The number of fused-ring (bicyclic) bond motifs is 1. The standard InChI is InChI=1S/C15H16N2O2S/c18-20(19,12-13-4-2-1-3-5-13)17-9-7-14-6-8-16-10-15(14)11-17/h1-6,8,10H,7,9,11-12H2. The molecule has 0 aliphatic carbocycles. The SMILES string of the molecule is O=S(=O)(Cc1ccccc1)N1CCc2ccncc2C1. The molecule has 0 amide bonds. The number of hydrogen-bond donors (Lipinski definition) is 0. The molecule has 0 unspecified atom stereocenters. The zero-order valence-corrected chi connectivity index (χ0v) is 11.9. The fourth-order valence-corrected chi connectivity index (χ4v) is 3.97. The Balaban J connectivity index is 1.80. The van der Waals surface area contributed by atoms with E-state index in [0.29, 0.717) is 13.1 Å². The molecule has 0 spiro atoms. The van der Waals surface area contributed by atoms with Gasteiger partial charge in [0.15, 0.2) is 0 Å². The second kappa shape index (κ2) is 5.34. The topological polar surface area (TPSA) is 50.3 Å². The maximum atomic E-state index is 12.5. The molecule has 0 saturated carbocycles. The second-order valence-corrected chi connectivity index (χ2v) is 6.94. The number of hydrogen-bond acceptors (Lipinski definition) is 3. The quantitative estimate of drug-likeness (QED) is 0.867. The molecule has 4 nitrogen and oxygen atoms in total. The van der Waals surface area contributed by atoms with Gasteiger partial charge in [0.25, 0.3) is 0 Å². The molecule has 0 radical (unpaired) electrons. The number of nitrogens with zero attached hydrogens (tertiary/aromatic N) is 2. The van der Waals surface area contributed by atoms with E-state index in [0.717, 1.165) is 17.5 Å². The molecule has 0 bridgehead atoms. The fourth-order valence-electron chi connectivity index (χ4n) is 2.47. The first-order valence-electron chi connectivity index (χ1n) is 6.59. The van der Waals surface area contributed by atoms with Gasteiger partial charge in [-0.05, 0) is 29.2 Å². The highest BCUT2D eigenvalue weighted by molar-refractivity contribution is 7.88. The summed E-state index contributed by atoms with van der Waals surface area (Å²) in [6.45, 7) is 0.977. The van der Waals surface area contributed by atoms with Gasteiger partial charge in [0.2, 0.25) is 10.0 Å². The third-order valence-corrected chi connectivity index (χ3v) is 5.36. The highest BCUT2D eigenvalue weighted by atomic mass is 32.2. The van der Waals surface area contributed by atoms with Gasteiger partial charge in [-0.1, -0.05) is 30.3 Å². The molecule has 0 saturated heterocycles. The second-order valence-electron chi connectivity index (χ2n) is 4.97. The van der Waals surface area contributed by atoms with Gasteiger partial charge in [-0.2, -0.15) is 4.31 Å². The molecule has 2 aromatic rings. The normalized spacial score (nSPS) is 15.8. The molecule has 3 rings (SSSR count). The van der Waals surface area contributed by atoms with Gasteiger partial charge in [0.1, 0.15) is 0 Å². The van der Waals surface area contributed by atoms with Crippen LogP contribution in [0.4, 0.5) is 0 Å². The van der Waals surface area contributed by atoms with E-state index in [1.807, 2.05) is 36.4 Å². The molecule has 0 atom stereocenters. The first kappa shape index (κ1) is 13.3. The summed E-state index contributed by atoms with van der Waals surface area (Å²) in [5, 5.41) is 0. The van der Waals surface area contributed by atoms with Crippen molar-refractivity contribution in [1.29, 1.82) is 0 Å². The van der Waals surface area contributed by atoms with Crippen LogP contribution in [0.15, 0.2) is 48.8 Å². The molecule has 20 heavy (non-hydrogen) atoms. The molecule has 1 aromatic heterocycles. The van der Waals surface area contributed by atoms with Crippen LogP contribution in [-0.4, -0.2) is 24.3 Å². The Morgan fingerprint density at radius 1 is 1.10 bits per heavy atom. The Morgan fingerprint density at radius 2 is 1.90 bits per heavy atom. The van der Waals surface area contributed by atoms with Gasteiger partial charge < -0.3 is 0 Å². The number of sulfonamides is 1. The van der Waals surface area contributed by atoms with Crippen LogP contribution in [0.3, 0.4) is 0 Å². The van der Waals surface area contributed by atoms with Crippen molar-refractivity contribution in [2.24, 2.45) is 0 Å². The van der Waals surface area contributed by atoms with Crippen LogP contribution in [0.1, 0.15) is 16.7 Å². The van der Waals surface area contributed by atoms with E-state index in [9.17, 15) is 8.42 Å². The Bertz CT molecular complexity index is 699. The van der Waals surface area contributed by atoms with Crippen LogP contribution < -0.4 is 0 Å². The Labute approximate surface area is 119 Å². The largest absolute Gasteiger partial charge is 0.264 e. The van der Waals surface area contributed by atoms with Gasteiger partial charge in [0.05, 0.1) is 5.75 Å². The Hall–Kier alpha value is -1.72. The zero-order chi connectivity index (χ0) is 14.0. The minimum atomic E-state index is -3.27. The van der Waals surface area contributed by atoms with Gasteiger partial charge in [-0.3, -0.25) is 4.98 Å². The number of benzene rings is 1. The van der Waals surface area contributed by atoms with Crippen molar-refractivity contribution in [2.75, 3.05) is 6.54 Å². The molecular weight excluding hydrogens is 272 g/mol. The van der Waals surface area contributed by atoms with Gasteiger partial charge in [-0.25, -0.2) is 8.42 Å². The van der Waals surface area contributed by atoms with Crippen LogP contribution in [0.2, 0.25) is 0 Å². The van der Waals surface area contributed by atoms with Gasteiger partial charge in [0, 0.05) is 25.5 Å². The molecule has 1 aliphatic heterocycles. The third-order valence-electron chi connectivity index (χ3n) is 3.57. The third kappa shape index (κ3) is 2.73. The smallest absolute Gasteiger partial charge is 0.218 e. The molecular formula is C15H16N2O2S. The summed E-state index contributed by atoms with van der Waals surface area (Å²) >= 11 is 0. The summed E-state index contributed by atoms with van der Waals surface area (Å²) in [5.41, 5.74) is 3.03. The summed E-state index contributed by atoms with van der Waals surface area (Å²) in [6, 6.07) is 11.3. The lowest BCUT2D eigenvalue weighted by Gasteiger charge is -2.27. The predicted molar refractivity (Wildman–Crippen MR) is 77.4 cm³/mol. The fraction of sp³-hybridized carbons (Fsp3) is 0.267. The van der Waals surface area contributed by atoms with Crippen molar-refractivity contribution in [2.45, 2.75) is 18.7 Å².